The van der Waals surface area contributed by atoms with E-state index in [9.17, 15) is 13.6 Å². The van der Waals surface area contributed by atoms with E-state index in [1.165, 1.54) is 18.2 Å². The second-order valence-electron chi connectivity index (χ2n) is 4.57. The van der Waals surface area contributed by atoms with Crippen LogP contribution in [0.1, 0.15) is 13.8 Å². The average molecular weight is 323 g/mol. The van der Waals surface area contributed by atoms with E-state index in [4.69, 9.17) is 16.7 Å². The van der Waals surface area contributed by atoms with Crippen LogP contribution in [0.4, 0.5) is 19.3 Å². The number of anilines is 1. The fourth-order valence-corrected chi connectivity index (χ4v) is 1.60. The molecule has 1 rings (SSSR count). The Morgan fingerprint density at radius 3 is 2.67 bits per heavy atom. The molecule has 2 atom stereocenters. The van der Waals surface area contributed by atoms with Crippen molar-refractivity contribution < 1.29 is 23.4 Å². The second kappa shape index (κ2) is 7.99. The van der Waals surface area contributed by atoms with Gasteiger partial charge >= 0.3 is 12.6 Å². The van der Waals surface area contributed by atoms with Gasteiger partial charge in [-0.15, -0.1) is 0 Å². The highest BCUT2D eigenvalue weighted by atomic mass is 35.5. The van der Waals surface area contributed by atoms with Crippen molar-refractivity contribution in [2.45, 2.75) is 26.5 Å². The molecule has 0 unspecified atom stereocenters. The van der Waals surface area contributed by atoms with Crippen molar-refractivity contribution in [1.29, 1.82) is 0 Å². The van der Waals surface area contributed by atoms with Gasteiger partial charge in [0.05, 0.1) is 5.02 Å². The minimum Gasteiger partial charge on any atom is -0.433 e. The summed E-state index contributed by atoms with van der Waals surface area (Å²) in [6, 6.07) is 3.23. The van der Waals surface area contributed by atoms with Gasteiger partial charge in [-0.3, -0.25) is 0 Å². The van der Waals surface area contributed by atoms with E-state index < -0.39 is 12.6 Å². The summed E-state index contributed by atoms with van der Waals surface area (Å²) in [4.78, 5) is 11.7. The number of aliphatic hydroxyl groups is 1. The standard InChI is InChI=1S/C13H17ClF2N2O3/c1-7(6-19)8(2)17-13(20)18-9-3-4-10(14)11(5-9)21-12(15)16/h3-5,7-8,12,19H,6H2,1-2H3,(H2,17,18,20)/t7-,8-/m0/s1. The van der Waals surface area contributed by atoms with E-state index in [2.05, 4.69) is 15.4 Å². The molecule has 5 nitrogen and oxygen atoms in total. The number of carbonyl (C=O) groups excluding carboxylic acids is 1. The molecular weight excluding hydrogens is 306 g/mol. The number of carbonyl (C=O) groups is 1. The van der Waals surface area contributed by atoms with Crippen LogP contribution in [0.2, 0.25) is 5.02 Å². The summed E-state index contributed by atoms with van der Waals surface area (Å²) in [7, 11) is 0. The minimum absolute atomic E-state index is 0.0172. The van der Waals surface area contributed by atoms with Crippen molar-refractivity contribution in [2.75, 3.05) is 11.9 Å². The van der Waals surface area contributed by atoms with Crippen LogP contribution in [0, 0.1) is 5.92 Å². The first kappa shape index (κ1) is 17.5. The number of rotatable bonds is 6. The van der Waals surface area contributed by atoms with Gasteiger partial charge in [0.1, 0.15) is 5.75 Å². The van der Waals surface area contributed by atoms with E-state index in [1.54, 1.807) is 13.8 Å². The predicted molar refractivity (Wildman–Crippen MR) is 76.0 cm³/mol. The van der Waals surface area contributed by atoms with Crippen molar-refractivity contribution in [3.8, 4) is 5.75 Å². The Morgan fingerprint density at radius 2 is 2.10 bits per heavy atom. The average Bonchev–Trinajstić information content (AvgIpc) is 2.40. The van der Waals surface area contributed by atoms with Gasteiger partial charge in [-0.2, -0.15) is 8.78 Å². The lowest BCUT2D eigenvalue weighted by atomic mass is 10.1. The lowest BCUT2D eigenvalue weighted by Crippen LogP contribution is -2.40. The number of nitrogens with one attached hydrogen (secondary N) is 2. The van der Waals surface area contributed by atoms with Crippen LogP contribution < -0.4 is 15.4 Å². The molecule has 8 heteroatoms. The second-order valence-corrected chi connectivity index (χ2v) is 4.98. The lowest BCUT2D eigenvalue weighted by molar-refractivity contribution is -0.0497. The Balaban J connectivity index is 2.68. The molecule has 1 aromatic carbocycles. The maximum atomic E-state index is 12.2. The number of hydrogen-bond donors (Lipinski definition) is 3. The highest BCUT2D eigenvalue weighted by Crippen LogP contribution is 2.29. The third kappa shape index (κ3) is 5.73. The summed E-state index contributed by atoms with van der Waals surface area (Å²) < 4.78 is 28.6. The molecule has 0 fully saturated rings. The van der Waals surface area contributed by atoms with Gasteiger partial charge in [0.25, 0.3) is 0 Å². The normalized spacial score (nSPS) is 13.7. The smallest absolute Gasteiger partial charge is 0.387 e. The lowest BCUT2D eigenvalue weighted by Gasteiger charge is -2.19. The molecule has 0 heterocycles. The maximum Gasteiger partial charge on any atom is 0.387 e. The van der Waals surface area contributed by atoms with Crippen molar-refractivity contribution >= 4 is 23.3 Å². The molecule has 0 aliphatic rings. The molecule has 0 aliphatic carbocycles. The zero-order chi connectivity index (χ0) is 16.0. The quantitative estimate of drug-likeness (QED) is 0.753. The fourth-order valence-electron chi connectivity index (χ4n) is 1.44. The summed E-state index contributed by atoms with van der Waals surface area (Å²) in [5.41, 5.74) is 0.261. The monoisotopic (exact) mass is 322 g/mol. The number of alkyl halides is 2. The molecule has 0 bridgehead atoms. The Labute approximate surface area is 126 Å². The van der Waals surface area contributed by atoms with E-state index in [1.807, 2.05) is 0 Å². The van der Waals surface area contributed by atoms with Crippen molar-refractivity contribution in [1.82, 2.24) is 5.32 Å². The first-order valence-electron chi connectivity index (χ1n) is 6.26. The zero-order valence-corrected chi connectivity index (χ0v) is 12.3. The number of urea groups is 1. The van der Waals surface area contributed by atoms with Crippen LogP contribution in [0.25, 0.3) is 0 Å². The van der Waals surface area contributed by atoms with Gasteiger partial charge in [-0.25, -0.2) is 4.79 Å². The zero-order valence-electron chi connectivity index (χ0n) is 11.6. The largest absolute Gasteiger partial charge is 0.433 e. The Bertz CT molecular complexity index is 488. The molecule has 0 aliphatic heterocycles. The number of aliphatic hydroxyl groups excluding tert-OH is 1. The third-order valence-corrected chi connectivity index (χ3v) is 3.22. The van der Waals surface area contributed by atoms with Crippen molar-refractivity contribution in [2.24, 2.45) is 5.92 Å². The Morgan fingerprint density at radius 1 is 1.43 bits per heavy atom. The molecule has 1 aromatic rings. The van der Waals surface area contributed by atoms with Crippen molar-refractivity contribution in [3.05, 3.63) is 23.2 Å². The van der Waals surface area contributed by atoms with E-state index >= 15 is 0 Å². The van der Waals surface area contributed by atoms with Gasteiger partial charge in [0.15, 0.2) is 0 Å². The first-order valence-corrected chi connectivity index (χ1v) is 6.64. The summed E-state index contributed by atoms with van der Waals surface area (Å²) >= 11 is 5.71. The van der Waals surface area contributed by atoms with E-state index in [-0.39, 0.29) is 35.0 Å². The molecule has 0 aromatic heterocycles. The highest BCUT2D eigenvalue weighted by Gasteiger charge is 2.15. The van der Waals surface area contributed by atoms with Crippen LogP contribution in [0.3, 0.4) is 0 Å². The van der Waals surface area contributed by atoms with Crippen molar-refractivity contribution in [3.63, 3.8) is 0 Å². The van der Waals surface area contributed by atoms with Crippen LogP contribution in [-0.2, 0) is 0 Å². The number of ether oxygens (including phenoxy) is 1. The summed E-state index contributed by atoms with van der Waals surface area (Å²) in [5.74, 6) is -0.333. The van der Waals surface area contributed by atoms with E-state index in [0.717, 1.165) is 0 Å². The Kier molecular flexibility index (Phi) is 6.64. The summed E-state index contributed by atoms with van der Waals surface area (Å²) in [6.07, 6.45) is 0. The number of hydrogen-bond acceptors (Lipinski definition) is 3. The number of halogens is 3. The number of amides is 2. The van der Waals surface area contributed by atoms with Gasteiger partial charge in [-0.1, -0.05) is 18.5 Å². The molecule has 21 heavy (non-hydrogen) atoms. The van der Waals surface area contributed by atoms with Crippen LogP contribution in [0.5, 0.6) is 5.75 Å². The third-order valence-electron chi connectivity index (χ3n) is 2.91. The molecule has 0 saturated heterocycles. The molecule has 2 amide bonds. The van der Waals surface area contributed by atoms with Crippen LogP contribution in [-0.4, -0.2) is 30.4 Å². The van der Waals surface area contributed by atoms with Gasteiger partial charge < -0.3 is 20.5 Å². The summed E-state index contributed by atoms with van der Waals surface area (Å²) in [6.45, 7) is 0.460. The van der Waals surface area contributed by atoms with Crippen LogP contribution in [0.15, 0.2) is 18.2 Å². The molecular formula is C13H17ClF2N2O3. The van der Waals surface area contributed by atoms with Gasteiger partial charge in [-0.05, 0) is 25.0 Å². The fraction of sp³-hybridized carbons (Fsp3) is 0.462. The molecule has 0 spiro atoms. The maximum absolute atomic E-state index is 12.2. The number of benzene rings is 1. The molecule has 3 N–H and O–H groups in total. The van der Waals surface area contributed by atoms with Gasteiger partial charge in [0.2, 0.25) is 0 Å². The van der Waals surface area contributed by atoms with E-state index in [0.29, 0.717) is 0 Å². The first-order chi connectivity index (χ1) is 9.83. The predicted octanol–water partition coefficient (Wildman–Crippen LogP) is 3.08. The topological polar surface area (TPSA) is 70.6 Å². The molecule has 0 saturated carbocycles. The molecule has 0 radical (unpaired) electrons. The molecule has 118 valence electrons. The van der Waals surface area contributed by atoms with Gasteiger partial charge in [0, 0.05) is 24.4 Å². The van der Waals surface area contributed by atoms with Crippen LogP contribution >= 0.6 is 11.6 Å². The highest BCUT2D eigenvalue weighted by molar-refractivity contribution is 6.32. The SMILES string of the molecule is C[C@H](NC(=O)Nc1ccc(Cl)c(OC(F)F)c1)[C@@H](C)CO. The minimum atomic E-state index is -3.00. The summed E-state index contributed by atoms with van der Waals surface area (Å²) in [5, 5.41) is 14.1. The Hall–Kier alpha value is -1.60.